The van der Waals surface area contributed by atoms with Gasteiger partial charge in [-0.15, -0.1) is 0 Å². The van der Waals surface area contributed by atoms with Gasteiger partial charge in [-0.05, 0) is 64.2 Å². The molecule has 0 amide bonds. The molecule has 5 heteroatoms. The second kappa shape index (κ2) is 12.7. The molecule has 0 bridgehead atoms. The summed E-state index contributed by atoms with van der Waals surface area (Å²) in [6.07, 6.45) is 0. The van der Waals surface area contributed by atoms with Crippen molar-refractivity contribution in [2.24, 2.45) is 0 Å². The Labute approximate surface area is 340 Å². The standard InChI is InChI=1S/C54H36N4O/c1-54(2)45-26-13-11-21-37(45)42-32-48-43(31-46(42)54)38-22-12-14-27-47(38)58(48)35-28-29-49-44(30-35)40-25-15-24-39(50(40)59-49)36-20-9-10-23-41(36)53-56-51(33-16-5-3-6-17-33)55-52(57-53)34-18-7-4-8-19-34/h3-32H,1-2H3. The van der Waals surface area contributed by atoms with Crippen LogP contribution in [0.1, 0.15) is 25.0 Å². The minimum atomic E-state index is -0.0772. The van der Waals surface area contributed by atoms with Crippen molar-refractivity contribution in [1.82, 2.24) is 19.5 Å². The van der Waals surface area contributed by atoms with E-state index < -0.39 is 0 Å². The van der Waals surface area contributed by atoms with E-state index in [1.54, 1.807) is 0 Å². The van der Waals surface area contributed by atoms with E-state index in [2.05, 4.69) is 134 Å². The summed E-state index contributed by atoms with van der Waals surface area (Å²) in [5, 5.41) is 4.63. The Hall–Kier alpha value is -7.63. The quantitative estimate of drug-likeness (QED) is 0.175. The van der Waals surface area contributed by atoms with E-state index >= 15 is 0 Å². The van der Waals surface area contributed by atoms with E-state index in [1.165, 1.54) is 44.1 Å². The van der Waals surface area contributed by atoms with E-state index in [1.807, 2.05) is 66.7 Å². The topological polar surface area (TPSA) is 56.7 Å². The van der Waals surface area contributed by atoms with Gasteiger partial charge in [0.2, 0.25) is 0 Å². The molecule has 0 unspecified atom stereocenters. The predicted octanol–water partition coefficient (Wildman–Crippen LogP) is 13.8. The highest BCUT2D eigenvalue weighted by molar-refractivity contribution is 6.14. The summed E-state index contributed by atoms with van der Waals surface area (Å²) < 4.78 is 9.24. The van der Waals surface area contributed by atoms with E-state index in [4.69, 9.17) is 19.4 Å². The number of aromatic nitrogens is 4. The van der Waals surface area contributed by atoms with Crippen LogP contribution >= 0.6 is 0 Å². The predicted molar refractivity (Wildman–Crippen MR) is 241 cm³/mol. The van der Waals surface area contributed by atoms with Gasteiger partial charge in [-0.2, -0.15) is 0 Å². The molecular weight excluding hydrogens is 721 g/mol. The highest BCUT2D eigenvalue weighted by Gasteiger charge is 2.36. The number of rotatable bonds is 5. The summed E-state index contributed by atoms with van der Waals surface area (Å²) in [6, 6.07) is 64.0. The molecule has 3 heterocycles. The lowest BCUT2D eigenvalue weighted by atomic mass is 9.82. The van der Waals surface area contributed by atoms with Gasteiger partial charge in [-0.25, -0.2) is 15.0 Å². The van der Waals surface area contributed by atoms with Crippen LogP contribution in [0.3, 0.4) is 0 Å². The van der Waals surface area contributed by atoms with Gasteiger partial charge in [0.05, 0.1) is 11.0 Å². The number of fused-ring (bicyclic) bond motifs is 9. The molecule has 59 heavy (non-hydrogen) atoms. The normalized spacial score (nSPS) is 13.1. The Morgan fingerprint density at radius 1 is 0.407 bits per heavy atom. The van der Waals surface area contributed by atoms with Gasteiger partial charge < -0.3 is 8.98 Å². The Morgan fingerprint density at radius 2 is 1.02 bits per heavy atom. The first kappa shape index (κ1) is 33.5. The van der Waals surface area contributed by atoms with Gasteiger partial charge in [0.15, 0.2) is 17.5 Å². The van der Waals surface area contributed by atoms with Crippen LogP contribution in [0.25, 0.3) is 106 Å². The van der Waals surface area contributed by atoms with E-state index in [-0.39, 0.29) is 5.41 Å². The lowest BCUT2D eigenvalue weighted by Gasteiger charge is -2.21. The van der Waals surface area contributed by atoms with Gasteiger partial charge in [0, 0.05) is 54.9 Å². The average Bonchev–Trinajstić information content (AvgIpc) is 3.91. The maximum atomic E-state index is 6.82. The van der Waals surface area contributed by atoms with E-state index in [0.29, 0.717) is 17.5 Å². The molecule has 12 rings (SSSR count). The highest BCUT2D eigenvalue weighted by atomic mass is 16.3. The Kier molecular flexibility index (Phi) is 7.20. The molecule has 1 aliphatic rings. The van der Waals surface area contributed by atoms with Crippen LogP contribution in [0.15, 0.2) is 186 Å². The molecule has 11 aromatic rings. The maximum absolute atomic E-state index is 6.82. The third-order valence-electron chi connectivity index (χ3n) is 12.3. The molecule has 0 atom stereocenters. The van der Waals surface area contributed by atoms with Gasteiger partial charge in [-0.3, -0.25) is 0 Å². The SMILES string of the molecule is CC1(C)c2ccccc2-c2cc3c(cc21)c1ccccc1n3-c1ccc2oc3c(-c4ccccc4-c4nc(-c5ccccc5)nc(-c5ccccc5)n4)cccc3c2c1. The van der Waals surface area contributed by atoms with Crippen LogP contribution < -0.4 is 0 Å². The Balaban J connectivity index is 1.04. The Morgan fingerprint density at radius 3 is 1.78 bits per heavy atom. The first-order valence-corrected chi connectivity index (χ1v) is 20.1. The van der Waals surface area contributed by atoms with Crippen molar-refractivity contribution < 1.29 is 4.42 Å². The monoisotopic (exact) mass is 756 g/mol. The van der Waals surface area contributed by atoms with Crippen molar-refractivity contribution in [2.45, 2.75) is 19.3 Å². The zero-order valence-electron chi connectivity index (χ0n) is 32.5. The smallest absolute Gasteiger partial charge is 0.164 e. The van der Waals surface area contributed by atoms with Crippen LogP contribution in [0.5, 0.6) is 0 Å². The molecule has 0 saturated carbocycles. The summed E-state index contributed by atoms with van der Waals surface area (Å²) >= 11 is 0. The lowest BCUT2D eigenvalue weighted by molar-refractivity contribution is 0.661. The van der Waals surface area contributed by atoms with Gasteiger partial charge >= 0.3 is 0 Å². The molecule has 0 spiro atoms. The fourth-order valence-corrected chi connectivity index (χ4v) is 9.42. The van der Waals surface area contributed by atoms with Crippen LogP contribution in [-0.4, -0.2) is 19.5 Å². The molecule has 1 aliphatic carbocycles. The molecule has 0 radical (unpaired) electrons. The minimum absolute atomic E-state index is 0.0772. The number of benzene rings is 8. The molecule has 0 fully saturated rings. The van der Waals surface area contributed by atoms with E-state index in [0.717, 1.165) is 55.4 Å². The Bertz CT molecular complexity index is 3410. The summed E-state index contributed by atoms with van der Waals surface area (Å²) in [7, 11) is 0. The van der Waals surface area contributed by atoms with Gasteiger partial charge in [0.25, 0.3) is 0 Å². The van der Waals surface area contributed by atoms with Gasteiger partial charge in [0.1, 0.15) is 11.2 Å². The van der Waals surface area contributed by atoms with Crippen molar-refractivity contribution in [3.8, 4) is 62.1 Å². The molecular formula is C54H36N4O. The molecule has 3 aromatic heterocycles. The minimum Gasteiger partial charge on any atom is -0.455 e. The molecule has 278 valence electrons. The van der Waals surface area contributed by atoms with Crippen LogP contribution in [0.2, 0.25) is 0 Å². The number of hydrogen-bond acceptors (Lipinski definition) is 4. The van der Waals surface area contributed by atoms with Crippen LogP contribution in [-0.2, 0) is 5.41 Å². The third kappa shape index (κ3) is 5.08. The first-order chi connectivity index (χ1) is 29.0. The zero-order valence-corrected chi connectivity index (χ0v) is 32.5. The fraction of sp³-hybridized carbons (Fsp3) is 0.0556. The maximum Gasteiger partial charge on any atom is 0.164 e. The van der Waals surface area contributed by atoms with Crippen molar-refractivity contribution >= 4 is 43.7 Å². The third-order valence-corrected chi connectivity index (χ3v) is 12.3. The first-order valence-electron chi connectivity index (χ1n) is 20.1. The number of furan rings is 1. The fourth-order valence-electron chi connectivity index (χ4n) is 9.42. The second-order valence-corrected chi connectivity index (χ2v) is 16.0. The molecule has 5 nitrogen and oxygen atoms in total. The van der Waals surface area contributed by atoms with Crippen LogP contribution in [0, 0.1) is 0 Å². The molecule has 0 aliphatic heterocycles. The average molecular weight is 757 g/mol. The van der Waals surface area contributed by atoms with Crippen molar-refractivity contribution in [2.75, 3.05) is 0 Å². The van der Waals surface area contributed by atoms with Crippen molar-refractivity contribution in [3.05, 3.63) is 193 Å². The molecule has 0 N–H and O–H groups in total. The van der Waals surface area contributed by atoms with Crippen molar-refractivity contribution in [3.63, 3.8) is 0 Å². The lowest BCUT2D eigenvalue weighted by Crippen LogP contribution is -2.14. The molecule has 8 aromatic carbocycles. The molecule has 0 saturated heterocycles. The second-order valence-electron chi connectivity index (χ2n) is 16.0. The summed E-state index contributed by atoms with van der Waals surface area (Å²) in [5.41, 5.74) is 15.2. The summed E-state index contributed by atoms with van der Waals surface area (Å²) in [6.45, 7) is 4.70. The highest BCUT2D eigenvalue weighted by Crippen LogP contribution is 2.51. The summed E-state index contributed by atoms with van der Waals surface area (Å²) in [5.74, 6) is 1.86. The summed E-state index contributed by atoms with van der Waals surface area (Å²) in [4.78, 5) is 15.1. The van der Waals surface area contributed by atoms with Crippen molar-refractivity contribution in [1.29, 1.82) is 0 Å². The van der Waals surface area contributed by atoms with Gasteiger partial charge in [-0.1, -0.05) is 159 Å². The number of hydrogen-bond donors (Lipinski definition) is 0. The van der Waals surface area contributed by atoms with E-state index in [9.17, 15) is 0 Å². The number of para-hydroxylation sites is 2. The largest absolute Gasteiger partial charge is 0.455 e. The zero-order chi connectivity index (χ0) is 39.2. The number of nitrogens with zero attached hydrogens (tertiary/aromatic N) is 4. The van der Waals surface area contributed by atoms with Crippen LogP contribution in [0.4, 0.5) is 0 Å².